The van der Waals surface area contributed by atoms with Crippen molar-refractivity contribution >= 4 is 23.5 Å². The summed E-state index contributed by atoms with van der Waals surface area (Å²) >= 11 is 3.86. The van der Waals surface area contributed by atoms with Crippen LogP contribution in [0.5, 0.6) is 0 Å². The molecule has 2 aromatic rings. The van der Waals surface area contributed by atoms with Gasteiger partial charge in [0.25, 0.3) is 0 Å². The van der Waals surface area contributed by atoms with Crippen molar-refractivity contribution in [1.29, 1.82) is 0 Å². The summed E-state index contributed by atoms with van der Waals surface area (Å²) in [5.41, 5.74) is 1.01. The van der Waals surface area contributed by atoms with E-state index in [0.717, 1.165) is 16.5 Å². The molecule has 6 heteroatoms. The number of thioether (sulfide) groups is 2. The summed E-state index contributed by atoms with van der Waals surface area (Å²) in [7, 11) is 2.02. The van der Waals surface area contributed by atoms with Gasteiger partial charge in [-0.2, -0.15) is 11.8 Å². The summed E-state index contributed by atoms with van der Waals surface area (Å²) in [4.78, 5) is 4.12. The van der Waals surface area contributed by atoms with Gasteiger partial charge in [-0.15, -0.1) is 10.2 Å². The quantitative estimate of drug-likeness (QED) is 0.863. The zero-order valence-electron chi connectivity index (χ0n) is 10.1. The van der Waals surface area contributed by atoms with E-state index >= 15 is 0 Å². The molecule has 1 atom stereocenters. The van der Waals surface area contributed by atoms with Gasteiger partial charge in [0.1, 0.15) is 0 Å². The third-order valence-corrected chi connectivity index (χ3v) is 5.59. The lowest BCUT2D eigenvalue weighted by molar-refractivity contribution is 0.787. The summed E-state index contributed by atoms with van der Waals surface area (Å²) in [5, 5.41) is 10.2. The number of nitrogens with zero attached hydrogens (tertiary/aromatic N) is 4. The van der Waals surface area contributed by atoms with E-state index in [9.17, 15) is 0 Å². The van der Waals surface area contributed by atoms with Gasteiger partial charge in [-0.1, -0.05) is 11.8 Å². The minimum Gasteiger partial charge on any atom is -0.305 e. The van der Waals surface area contributed by atoms with Crippen LogP contribution in [0.4, 0.5) is 0 Å². The first kappa shape index (κ1) is 12.0. The minimum absolute atomic E-state index is 0.680. The van der Waals surface area contributed by atoms with Gasteiger partial charge in [0, 0.05) is 36.0 Å². The standard InChI is InChI=1S/C12H14N4S2/c1-16-11(9-3-2-5-13-7-9)14-15-12(16)18-10-4-6-17-8-10/h2-3,5,7,10H,4,6,8H2,1H3/t10-/m1/s1. The highest BCUT2D eigenvalue weighted by atomic mass is 32.2. The lowest BCUT2D eigenvalue weighted by Gasteiger charge is -2.07. The minimum atomic E-state index is 0.680. The zero-order valence-corrected chi connectivity index (χ0v) is 11.7. The Labute approximate surface area is 115 Å². The lowest BCUT2D eigenvalue weighted by Crippen LogP contribution is -2.02. The molecule has 0 unspecified atom stereocenters. The second-order valence-corrected chi connectivity index (χ2v) is 6.63. The fourth-order valence-electron chi connectivity index (χ4n) is 1.92. The predicted octanol–water partition coefficient (Wildman–Crippen LogP) is 2.47. The van der Waals surface area contributed by atoms with Crippen molar-refractivity contribution in [3.63, 3.8) is 0 Å². The van der Waals surface area contributed by atoms with Crippen molar-refractivity contribution in [2.24, 2.45) is 7.05 Å². The molecule has 1 saturated heterocycles. The van der Waals surface area contributed by atoms with Gasteiger partial charge in [0.15, 0.2) is 11.0 Å². The highest BCUT2D eigenvalue weighted by molar-refractivity contribution is 8.04. The van der Waals surface area contributed by atoms with Crippen LogP contribution >= 0.6 is 23.5 Å². The summed E-state index contributed by atoms with van der Waals surface area (Å²) < 4.78 is 2.06. The van der Waals surface area contributed by atoms with E-state index in [0.29, 0.717) is 5.25 Å². The molecular formula is C12H14N4S2. The molecule has 1 aliphatic rings. The Morgan fingerprint density at radius 2 is 2.39 bits per heavy atom. The summed E-state index contributed by atoms with van der Waals surface area (Å²) in [6.45, 7) is 0. The third-order valence-electron chi connectivity index (χ3n) is 2.91. The molecule has 1 fully saturated rings. The highest BCUT2D eigenvalue weighted by Gasteiger charge is 2.20. The lowest BCUT2D eigenvalue weighted by atomic mass is 10.3. The van der Waals surface area contributed by atoms with Gasteiger partial charge in [0.05, 0.1) is 0 Å². The van der Waals surface area contributed by atoms with E-state index in [1.54, 1.807) is 6.20 Å². The molecule has 18 heavy (non-hydrogen) atoms. The van der Waals surface area contributed by atoms with Gasteiger partial charge in [-0.05, 0) is 24.3 Å². The number of hydrogen-bond donors (Lipinski definition) is 0. The maximum absolute atomic E-state index is 4.29. The van der Waals surface area contributed by atoms with Crippen LogP contribution in [0.2, 0.25) is 0 Å². The van der Waals surface area contributed by atoms with Crippen LogP contribution in [0.15, 0.2) is 29.7 Å². The highest BCUT2D eigenvalue weighted by Crippen LogP contribution is 2.33. The van der Waals surface area contributed by atoms with Crippen molar-refractivity contribution in [1.82, 2.24) is 19.7 Å². The predicted molar refractivity (Wildman–Crippen MR) is 75.8 cm³/mol. The molecule has 0 saturated carbocycles. The summed E-state index contributed by atoms with van der Waals surface area (Å²) in [6, 6.07) is 3.93. The topological polar surface area (TPSA) is 43.6 Å². The molecule has 0 aromatic carbocycles. The fraction of sp³-hybridized carbons (Fsp3) is 0.417. The van der Waals surface area contributed by atoms with Crippen molar-refractivity contribution < 1.29 is 0 Å². The van der Waals surface area contributed by atoms with E-state index in [-0.39, 0.29) is 0 Å². The number of hydrogen-bond acceptors (Lipinski definition) is 5. The Bertz CT molecular complexity index is 520. The average molecular weight is 278 g/mol. The molecule has 0 N–H and O–H groups in total. The summed E-state index contributed by atoms with van der Waals surface area (Å²) in [6.07, 6.45) is 4.86. The Hall–Kier alpha value is -1.01. The van der Waals surface area contributed by atoms with Gasteiger partial charge in [-0.25, -0.2) is 0 Å². The Balaban J connectivity index is 1.83. The Kier molecular flexibility index (Phi) is 3.56. The first-order valence-corrected chi connectivity index (χ1v) is 7.92. The van der Waals surface area contributed by atoms with Crippen LogP contribution in [-0.4, -0.2) is 36.5 Å². The molecule has 0 amide bonds. The van der Waals surface area contributed by atoms with E-state index in [1.807, 2.05) is 48.9 Å². The van der Waals surface area contributed by atoms with Crippen LogP contribution < -0.4 is 0 Å². The van der Waals surface area contributed by atoms with Crippen molar-refractivity contribution in [3.05, 3.63) is 24.5 Å². The molecule has 0 radical (unpaired) electrons. The maximum atomic E-state index is 4.29. The molecule has 3 rings (SSSR count). The number of pyridine rings is 1. The molecule has 4 nitrogen and oxygen atoms in total. The normalized spacial score (nSPS) is 19.3. The van der Waals surface area contributed by atoms with Crippen molar-refractivity contribution in [2.75, 3.05) is 11.5 Å². The Morgan fingerprint density at radius 1 is 1.44 bits per heavy atom. The summed E-state index contributed by atoms with van der Waals surface area (Å²) in [5.74, 6) is 3.38. The van der Waals surface area contributed by atoms with Crippen LogP contribution in [-0.2, 0) is 7.05 Å². The molecule has 0 spiro atoms. The first-order valence-electron chi connectivity index (χ1n) is 5.89. The van der Waals surface area contributed by atoms with Crippen LogP contribution in [0.1, 0.15) is 6.42 Å². The average Bonchev–Trinajstić information content (AvgIpc) is 3.03. The zero-order chi connectivity index (χ0) is 12.4. The maximum Gasteiger partial charge on any atom is 0.191 e. The van der Waals surface area contributed by atoms with Gasteiger partial charge in [0.2, 0.25) is 0 Å². The largest absolute Gasteiger partial charge is 0.305 e. The van der Waals surface area contributed by atoms with Gasteiger partial charge < -0.3 is 4.57 Å². The van der Waals surface area contributed by atoms with Crippen molar-refractivity contribution in [2.45, 2.75) is 16.8 Å². The second kappa shape index (κ2) is 5.32. The van der Waals surface area contributed by atoms with Crippen LogP contribution in [0.25, 0.3) is 11.4 Å². The second-order valence-electron chi connectivity index (χ2n) is 4.21. The van der Waals surface area contributed by atoms with Gasteiger partial charge in [-0.3, -0.25) is 4.98 Å². The number of aromatic nitrogens is 4. The molecule has 2 aromatic heterocycles. The molecule has 0 bridgehead atoms. The van der Waals surface area contributed by atoms with Gasteiger partial charge >= 0.3 is 0 Å². The smallest absolute Gasteiger partial charge is 0.191 e. The van der Waals surface area contributed by atoms with Crippen molar-refractivity contribution in [3.8, 4) is 11.4 Å². The van der Waals surface area contributed by atoms with E-state index in [2.05, 4.69) is 19.7 Å². The fourth-order valence-corrected chi connectivity index (χ4v) is 4.54. The SMILES string of the molecule is Cn1c(S[C@@H]2CCSC2)nnc1-c1cccnc1. The van der Waals surface area contributed by atoms with Crippen LogP contribution in [0, 0.1) is 0 Å². The first-order chi connectivity index (χ1) is 8.84. The molecule has 1 aliphatic heterocycles. The molecule has 3 heterocycles. The van der Waals surface area contributed by atoms with Crippen LogP contribution in [0.3, 0.4) is 0 Å². The molecule has 0 aliphatic carbocycles. The third kappa shape index (κ3) is 2.40. The number of rotatable bonds is 3. The van der Waals surface area contributed by atoms with E-state index < -0.39 is 0 Å². The monoisotopic (exact) mass is 278 g/mol. The Morgan fingerprint density at radius 3 is 3.11 bits per heavy atom. The molecule has 94 valence electrons. The van der Waals surface area contributed by atoms with E-state index in [4.69, 9.17) is 0 Å². The van der Waals surface area contributed by atoms with E-state index in [1.165, 1.54) is 17.9 Å². The molecular weight excluding hydrogens is 264 g/mol.